The van der Waals surface area contributed by atoms with Crippen molar-refractivity contribution in [1.82, 2.24) is 18.3 Å². The third-order valence-corrected chi connectivity index (χ3v) is 27.1. The second-order valence-corrected chi connectivity index (χ2v) is 34.5. The highest BCUT2D eigenvalue weighted by Gasteiger charge is 2.24. The van der Waals surface area contributed by atoms with Crippen molar-refractivity contribution < 1.29 is 0 Å². The number of hydrogen-bond acceptors (Lipinski definition) is 0. The summed E-state index contributed by atoms with van der Waals surface area (Å²) in [4.78, 5) is 0. The Morgan fingerprint density at radius 2 is 0.311 bits per heavy atom. The average Bonchev–Trinajstić information content (AvgIpc) is 1.60. The van der Waals surface area contributed by atoms with E-state index in [0.717, 1.165) is 5.69 Å². The lowest BCUT2D eigenvalue weighted by molar-refractivity contribution is 1.18. The van der Waals surface area contributed by atoms with Crippen molar-refractivity contribution in [2.45, 2.75) is 0 Å². The lowest BCUT2D eigenvalue weighted by Gasteiger charge is -2.19. The minimum absolute atomic E-state index is 1.16. The first kappa shape index (κ1) is 76.9. The molecule has 132 heavy (non-hydrogen) atoms. The van der Waals surface area contributed by atoms with Crippen molar-refractivity contribution in [3.63, 3.8) is 0 Å². The number of para-hydroxylation sites is 6. The maximum atomic E-state index is 2.41. The first-order valence-corrected chi connectivity index (χ1v) is 45.5. The fraction of sp³-hybridized carbons (Fsp3) is 0. The van der Waals surface area contributed by atoms with Crippen LogP contribution in [-0.2, 0) is 0 Å². The predicted molar refractivity (Wildman–Crippen MR) is 560 cm³/mol. The summed E-state index contributed by atoms with van der Waals surface area (Å²) in [6.07, 6.45) is 0. The number of rotatable bonds is 14. The van der Waals surface area contributed by atoms with Gasteiger partial charge in [-0.15, -0.1) is 0 Å². The van der Waals surface area contributed by atoms with Crippen LogP contribution < -0.4 is 0 Å². The molecule has 0 N–H and O–H groups in total. The number of aromatic nitrogens is 4. The van der Waals surface area contributed by atoms with Crippen LogP contribution in [0.1, 0.15) is 0 Å². The molecule has 26 rings (SSSR count). The van der Waals surface area contributed by atoms with Crippen molar-refractivity contribution in [2.75, 3.05) is 0 Å². The Morgan fingerprint density at radius 1 is 0.0985 bits per heavy atom. The van der Waals surface area contributed by atoms with Gasteiger partial charge in [0, 0.05) is 65.8 Å². The summed E-state index contributed by atoms with van der Waals surface area (Å²) in [7, 11) is 0. The van der Waals surface area contributed by atoms with Gasteiger partial charge in [-0.2, -0.15) is 0 Å². The molecule has 0 saturated heterocycles. The summed E-state index contributed by atoms with van der Waals surface area (Å²) in [5, 5.41) is 15.0. The normalized spacial score (nSPS) is 11.6. The molecule has 0 aliphatic heterocycles. The molecule has 0 saturated carbocycles. The fourth-order valence-corrected chi connectivity index (χ4v) is 21.0. The Hall–Kier alpha value is -17.4. The lowest BCUT2D eigenvalue weighted by atomic mass is 9.85. The molecule has 0 spiro atoms. The Bertz CT molecular complexity index is 9040. The molecule has 4 nitrogen and oxygen atoms in total. The van der Waals surface area contributed by atoms with Crippen molar-refractivity contribution >= 4 is 109 Å². The molecule has 616 valence electrons. The largest absolute Gasteiger partial charge is 0.309 e. The van der Waals surface area contributed by atoms with Crippen LogP contribution in [0.15, 0.2) is 510 Å². The molecule has 22 aromatic carbocycles. The highest BCUT2D eigenvalue weighted by atomic mass is 15.0. The Morgan fingerprint density at radius 3 is 0.629 bits per heavy atom. The maximum absolute atomic E-state index is 2.41. The van der Waals surface area contributed by atoms with Crippen LogP contribution in [-0.4, -0.2) is 18.3 Å². The molecule has 0 bridgehead atoms. The summed E-state index contributed by atoms with van der Waals surface area (Å²) < 4.78 is 9.58. The Labute approximate surface area is 765 Å². The van der Waals surface area contributed by atoms with Gasteiger partial charge >= 0.3 is 0 Å². The first-order valence-electron chi connectivity index (χ1n) is 45.5. The van der Waals surface area contributed by atoms with Crippen LogP contribution in [0.5, 0.6) is 0 Å². The van der Waals surface area contributed by atoms with Crippen molar-refractivity contribution in [3.8, 4) is 134 Å². The van der Waals surface area contributed by atoms with Crippen molar-refractivity contribution in [3.05, 3.63) is 510 Å². The van der Waals surface area contributed by atoms with E-state index in [1.54, 1.807) is 0 Å². The standard InChI is InChI=1S/2C64H42N2/c1-2-20-47(21-3-1)65-61-32-16-14-30-57(61)59-41-45(35-38-63(59)65)49-22-6-8-24-51(49)53-26-10-12-28-55(53)56-29-13-11-27-54(56)52-25-9-7-23-50(52)46-36-39-64-60(42-46)58-31-15-17-33-62(58)66(64)48-37-34-43-18-4-5-19-44(43)40-48;1-2-22-51(23-3-1)65-61-30-12-10-28-57(61)59-41-47(33-36-63(59)65)44-18-14-20-49(38-44)53-24-6-8-26-55(53)56-27-9-7-25-54(56)50-21-15-19-45(39-50)48-34-37-64-60(42-48)58-29-11-13-31-62(58)66(64)52-35-32-43-16-4-5-17-46(43)40-52/h2*1-42H. The molecular formula is C128H84N4. The molecular weight excluding hydrogens is 1590 g/mol. The summed E-state index contributed by atoms with van der Waals surface area (Å²) in [6.45, 7) is 0. The van der Waals surface area contributed by atoms with E-state index >= 15 is 0 Å². The second kappa shape index (κ2) is 32.5. The van der Waals surface area contributed by atoms with Gasteiger partial charge < -0.3 is 18.3 Å². The minimum atomic E-state index is 1.16. The van der Waals surface area contributed by atoms with Gasteiger partial charge in [0.05, 0.1) is 44.1 Å². The smallest absolute Gasteiger partial charge is 0.0541 e. The quantitative estimate of drug-likeness (QED) is 0.103. The summed E-state index contributed by atoms with van der Waals surface area (Å²) in [5.74, 6) is 0. The number of hydrogen-bond donors (Lipinski definition) is 0. The van der Waals surface area contributed by atoms with Gasteiger partial charge in [-0.3, -0.25) is 0 Å². The van der Waals surface area contributed by atoms with Gasteiger partial charge in [0.15, 0.2) is 0 Å². The number of fused-ring (bicyclic) bond motifs is 14. The van der Waals surface area contributed by atoms with E-state index in [2.05, 4.69) is 528 Å². The van der Waals surface area contributed by atoms with E-state index in [0.29, 0.717) is 0 Å². The highest BCUT2D eigenvalue weighted by Crippen LogP contribution is 2.49. The van der Waals surface area contributed by atoms with Gasteiger partial charge in [0.25, 0.3) is 0 Å². The fourth-order valence-electron chi connectivity index (χ4n) is 21.0. The van der Waals surface area contributed by atoms with Crippen LogP contribution in [0, 0.1) is 0 Å². The molecule has 0 unspecified atom stereocenters. The van der Waals surface area contributed by atoms with Crippen molar-refractivity contribution in [2.24, 2.45) is 0 Å². The number of benzene rings is 22. The van der Waals surface area contributed by atoms with E-state index in [-0.39, 0.29) is 0 Å². The van der Waals surface area contributed by atoms with Gasteiger partial charge in [0.2, 0.25) is 0 Å². The highest BCUT2D eigenvalue weighted by molar-refractivity contribution is 6.16. The van der Waals surface area contributed by atoms with Crippen molar-refractivity contribution in [1.29, 1.82) is 0 Å². The molecule has 0 amide bonds. The molecule has 4 aromatic heterocycles. The SMILES string of the molecule is c1ccc(-n2c3ccccc3c3cc(-c4cccc(-c5ccccc5-c5ccccc5-c5cccc(-c6ccc7c(c6)c6ccccc6n7-c6ccc7ccccc7c6)c5)c4)ccc32)cc1.c1ccc(-n2c3ccccc3c3cc(-c4ccccc4-c4ccccc4-c4ccccc4-c4ccccc4-c4ccc5c(c4)c4ccccc4n5-c4ccc5ccccc5c4)ccc32)cc1. The van der Waals surface area contributed by atoms with Gasteiger partial charge in [0.1, 0.15) is 0 Å². The Balaban J connectivity index is 0.000000142. The van der Waals surface area contributed by atoms with Crippen LogP contribution >= 0.6 is 0 Å². The van der Waals surface area contributed by atoms with E-state index in [1.807, 2.05) is 0 Å². The lowest BCUT2D eigenvalue weighted by Crippen LogP contribution is -1.94. The summed E-state index contributed by atoms with van der Waals surface area (Å²) in [6, 6.07) is 187. The minimum Gasteiger partial charge on any atom is -0.309 e. The molecule has 0 radical (unpaired) electrons. The van der Waals surface area contributed by atoms with E-state index in [4.69, 9.17) is 0 Å². The van der Waals surface area contributed by atoms with Gasteiger partial charge in [-0.1, -0.05) is 376 Å². The van der Waals surface area contributed by atoms with E-state index in [1.165, 1.54) is 237 Å². The zero-order valence-corrected chi connectivity index (χ0v) is 72.3. The predicted octanol–water partition coefficient (Wildman–Crippen LogP) is 34.7. The molecule has 4 heteroatoms. The summed E-state index contributed by atoms with van der Waals surface area (Å²) in [5.41, 5.74) is 38.3. The first-order chi connectivity index (χ1) is 65.5. The topological polar surface area (TPSA) is 19.7 Å². The third kappa shape index (κ3) is 13.3. The Kier molecular flexibility index (Phi) is 18.9. The molecule has 0 atom stereocenters. The van der Waals surface area contributed by atoms with Crippen LogP contribution in [0.25, 0.3) is 243 Å². The summed E-state index contributed by atoms with van der Waals surface area (Å²) >= 11 is 0. The number of nitrogens with zero attached hydrogens (tertiary/aromatic N) is 4. The molecule has 0 fully saturated rings. The van der Waals surface area contributed by atoms with Crippen LogP contribution in [0.3, 0.4) is 0 Å². The second-order valence-electron chi connectivity index (χ2n) is 34.5. The zero-order chi connectivity index (χ0) is 87.1. The average molecular weight is 1680 g/mol. The van der Waals surface area contributed by atoms with Crippen LogP contribution in [0.2, 0.25) is 0 Å². The monoisotopic (exact) mass is 1680 g/mol. The zero-order valence-electron chi connectivity index (χ0n) is 72.3. The molecule has 0 aliphatic carbocycles. The third-order valence-electron chi connectivity index (χ3n) is 27.1. The maximum Gasteiger partial charge on any atom is 0.0541 e. The van der Waals surface area contributed by atoms with Gasteiger partial charge in [-0.25, -0.2) is 0 Å². The van der Waals surface area contributed by atoms with Crippen LogP contribution in [0.4, 0.5) is 0 Å². The van der Waals surface area contributed by atoms with E-state index in [9.17, 15) is 0 Å². The molecule has 0 aliphatic rings. The molecule has 4 heterocycles. The van der Waals surface area contributed by atoms with E-state index < -0.39 is 0 Å². The van der Waals surface area contributed by atoms with Gasteiger partial charge in [-0.05, 0) is 266 Å². The molecule has 26 aromatic rings.